The molecule has 102 valence electrons. The number of rotatable bonds is 2. The molecule has 0 fully saturated rings. The molecule has 0 unspecified atom stereocenters. The summed E-state index contributed by atoms with van der Waals surface area (Å²) in [5.74, 6) is 1.04. The normalized spacial score (nSPS) is 14.4. The van der Waals surface area contributed by atoms with E-state index < -0.39 is 0 Å². The monoisotopic (exact) mass is 304 g/mol. The highest BCUT2D eigenvalue weighted by molar-refractivity contribution is 7.16. The Morgan fingerprint density at radius 1 is 1.25 bits per heavy atom. The molecule has 0 bridgehead atoms. The topological polar surface area (TPSA) is 77.8 Å². The van der Waals surface area contributed by atoms with E-state index >= 15 is 0 Å². The maximum absolute atomic E-state index is 6.16. The summed E-state index contributed by atoms with van der Waals surface area (Å²) in [5, 5.41) is 6.70. The van der Waals surface area contributed by atoms with Crippen molar-refractivity contribution in [2.75, 3.05) is 5.73 Å². The highest BCUT2D eigenvalue weighted by atomic mass is 32.1. The van der Waals surface area contributed by atoms with Gasteiger partial charge in [0.05, 0.1) is 16.1 Å². The second kappa shape index (κ2) is 4.68. The maximum Gasteiger partial charge on any atom is 0.261 e. The molecule has 7 heteroatoms. The summed E-state index contributed by atoms with van der Waals surface area (Å²) in [5.41, 5.74) is 10.9. The molecular weight excluding hydrogens is 292 g/mol. The van der Waals surface area contributed by atoms with Gasteiger partial charge in [0.25, 0.3) is 5.89 Å². The van der Waals surface area contributed by atoms with Crippen molar-refractivity contribution < 1.29 is 4.52 Å². The number of nitrogens with zero attached hydrogens (tertiary/aromatic N) is 3. The van der Waals surface area contributed by atoms with E-state index in [9.17, 15) is 0 Å². The van der Waals surface area contributed by atoms with Gasteiger partial charge in [0.15, 0.2) is 0 Å². The van der Waals surface area contributed by atoms with E-state index in [1.54, 1.807) is 16.8 Å². The van der Waals surface area contributed by atoms with Crippen molar-refractivity contribution in [1.29, 1.82) is 0 Å². The summed E-state index contributed by atoms with van der Waals surface area (Å²) in [6.45, 7) is 0. The second-order valence-electron chi connectivity index (χ2n) is 4.75. The van der Waals surface area contributed by atoms with Gasteiger partial charge in [-0.3, -0.25) is 0 Å². The van der Waals surface area contributed by atoms with E-state index in [1.807, 2.05) is 5.38 Å². The number of aryl methyl sites for hydroxylation is 1. The van der Waals surface area contributed by atoms with Crippen LogP contribution in [0.1, 0.15) is 23.3 Å². The molecule has 5 nitrogen and oxygen atoms in total. The molecule has 4 rings (SSSR count). The number of fused-ring (bicyclic) bond motifs is 1. The van der Waals surface area contributed by atoms with Crippen LogP contribution in [0.4, 0.5) is 5.00 Å². The van der Waals surface area contributed by atoms with Gasteiger partial charge in [-0.15, -0.1) is 22.7 Å². The molecule has 2 N–H and O–H groups in total. The van der Waals surface area contributed by atoms with Crippen LogP contribution >= 0.6 is 22.7 Å². The van der Waals surface area contributed by atoms with Crippen LogP contribution in [0, 0.1) is 0 Å². The summed E-state index contributed by atoms with van der Waals surface area (Å²) in [6, 6.07) is 0. The Balaban J connectivity index is 1.80. The van der Waals surface area contributed by atoms with Gasteiger partial charge in [0.1, 0.15) is 5.69 Å². The fraction of sp³-hybridized carbons (Fsp3) is 0.308. The lowest BCUT2D eigenvalue weighted by atomic mass is 9.95. The van der Waals surface area contributed by atoms with Crippen LogP contribution in [-0.2, 0) is 12.8 Å². The number of nitrogen functional groups attached to an aromatic ring is 1. The van der Waals surface area contributed by atoms with Gasteiger partial charge >= 0.3 is 0 Å². The number of thiazole rings is 1. The van der Waals surface area contributed by atoms with Crippen LogP contribution < -0.4 is 5.73 Å². The molecule has 3 heterocycles. The Kier molecular flexibility index (Phi) is 2.82. The Morgan fingerprint density at radius 2 is 2.15 bits per heavy atom. The summed E-state index contributed by atoms with van der Waals surface area (Å²) in [7, 11) is 0. The van der Waals surface area contributed by atoms with E-state index in [0.29, 0.717) is 11.7 Å². The number of hydrogen-bond donors (Lipinski definition) is 1. The predicted octanol–water partition coefficient (Wildman–Crippen LogP) is 3.38. The zero-order valence-electron chi connectivity index (χ0n) is 10.6. The number of thiophene rings is 1. The quantitative estimate of drug-likeness (QED) is 0.785. The molecular formula is C13H12N4OS2. The molecule has 0 spiro atoms. The molecule has 0 aromatic carbocycles. The van der Waals surface area contributed by atoms with E-state index in [2.05, 4.69) is 15.1 Å². The van der Waals surface area contributed by atoms with Crippen molar-refractivity contribution >= 4 is 27.7 Å². The lowest BCUT2D eigenvalue weighted by molar-refractivity contribution is 0.432. The number of hydrogen-bond acceptors (Lipinski definition) is 7. The van der Waals surface area contributed by atoms with E-state index in [-0.39, 0.29) is 0 Å². The summed E-state index contributed by atoms with van der Waals surface area (Å²) in [4.78, 5) is 10.0. The van der Waals surface area contributed by atoms with Crippen LogP contribution in [0.25, 0.3) is 23.0 Å². The zero-order chi connectivity index (χ0) is 13.5. The lowest BCUT2D eigenvalue weighted by Gasteiger charge is -2.10. The van der Waals surface area contributed by atoms with Crippen LogP contribution in [-0.4, -0.2) is 15.1 Å². The van der Waals surface area contributed by atoms with Crippen molar-refractivity contribution in [3.8, 4) is 23.0 Å². The molecule has 1 aliphatic rings. The minimum atomic E-state index is 0.518. The second-order valence-corrected chi connectivity index (χ2v) is 6.60. The SMILES string of the molecule is Nc1sc2c(c1-c1nc(-c3cscn3)no1)CCCC2. The summed E-state index contributed by atoms with van der Waals surface area (Å²) < 4.78 is 5.41. The van der Waals surface area contributed by atoms with Gasteiger partial charge in [0, 0.05) is 10.3 Å². The third kappa shape index (κ3) is 1.85. The lowest BCUT2D eigenvalue weighted by Crippen LogP contribution is -1.99. The first kappa shape index (κ1) is 12.0. The minimum Gasteiger partial charge on any atom is -0.390 e. The number of anilines is 1. The number of nitrogens with two attached hydrogens (primary N) is 1. The molecule has 0 saturated heterocycles. The molecule has 20 heavy (non-hydrogen) atoms. The number of aromatic nitrogens is 3. The van der Waals surface area contributed by atoms with Gasteiger partial charge < -0.3 is 10.3 Å². The predicted molar refractivity (Wildman–Crippen MR) is 79.8 cm³/mol. The fourth-order valence-corrected chi connectivity index (χ4v) is 4.26. The molecule has 0 atom stereocenters. The average Bonchev–Trinajstić information content (AvgIpc) is 3.16. The first-order valence-electron chi connectivity index (χ1n) is 6.45. The van der Waals surface area contributed by atoms with E-state index in [4.69, 9.17) is 10.3 Å². The molecule has 3 aromatic heterocycles. The molecule has 0 aliphatic heterocycles. The van der Waals surface area contributed by atoms with Crippen molar-refractivity contribution in [3.05, 3.63) is 21.3 Å². The first-order valence-corrected chi connectivity index (χ1v) is 8.21. The largest absolute Gasteiger partial charge is 0.390 e. The van der Waals surface area contributed by atoms with Crippen molar-refractivity contribution in [3.63, 3.8) is 0 Å². The highest BCUT2D eigenvalue weighted by Crippen LogP contribution is 2.42. The van der Waals surface area contributed by atoms with Gasteiger partial charge in [0.2, 0.25) is 5.82 Å². The van der Waals surface area contributed by atoms with Crippen molar-refractivity contribution in [1.82, 2.24) is 15.1 Å². The van der Waals surface area contributed by atoms with E-state index in [0.717, 1.165) is 29.1 Å². The standard InChI is InChI=1S/C13H12N4OS2/c14-11-10(7-3-1-2-4-9(7)20-11)13-16-12(17-18-13)8-5-19-6-15-8/h5-6H,1-4,14H2. The summed E-state index contributed by atoms with van der Waals surface area (Å²) in [6.07, 6.45) is 4.59. The van der Waals surface area contributed by atoms with Crippen molar-refractivity contribution in [2.45, 2.75) is 25.7 Å². The maximum atomic E-state index is 6.16. The Labute approximate surface area is 123 Å². The molecule has 1 aliphatic carbocycles. The molecule has 0 saturated carbocycles. The van der Waals surface area contributed by atoms with Crippen LogP contribution in [0.5, 0.6) is 0 Å². The highest BCUT2D eigenvalue weighted by Gasteiger charge is 2.24. The third-order valence-corrected chi connectivity index (χ3v) is 5.21. The zero-order valence-corrected chi connectivity index (χ0v) is 12.3. The first-order chi connectivity index (χ1) is 9.83. The van der Waals surface area contributed by atoms with Crippen LogP contribution in [0.3, 0.4) is 0 Å². The van der Waals surface area contributed by atoms with Gasteiger partial charge in [-0.1, -0.05) is 5.16 Å². The fourth-order valence-electron chi connectivity index (χ4n) is 2.57. The van der Waals surface area contributed by atoms with Crippen LogP contribution in [0.15, 0.2) is 15.4 Å². The smallest absolute Gasteiger partial charge is 0.261 e. The Bertz CT molecular complexity index is 745. The Morgan fingerprint density at radius 3 is 3.00 bits per heavy atom. The molecule has 0 radical (unpaired) electrons. The Hall–Kier alpha value is -1.73. The molecule has 0 amide bonds. The average molecular weight is 304 g/mol. The van der Waals surface area contributed by atoms with Gasteiger partial charge in [-0.05, 0) is 31.2 Å². The third-order valence-electron chi connectivity index (χ3n) is 3.50. The van der Waals surface area contributed by atoms with Gasteiger partial charge in [-0.2, -0.15) is 4.98 Å². The molecule has 3 aromatic rings. The van der Waals surface area contributed by atoms with Gasteiger partial charge in [-0.25, -0.2) is 4.98 Å². The van der Waals surface area contributed by atoms with Crippen LogP contribution in [0.2, 0.25) is 0 Å². The van der Waals surface area contributed by atoms with Crippen molar-refractivity contribution in [2.24, 2.45) is 0 Å². The van der Waals surface area contributed by atoms with E-state index in [1.165, 1.54) is 34.6 Å². The minimum absolute atomic E-state index is 0.518. The summed E-state index contributed by atoms with van der Waals surface area (Å²) >= 11 is 3.17.